The number of carbonyl (C=O) groups excluding carboxylic acids is 2. The number of methoxy groups -OCH3 is 1. The highest BCUT2D eigenvalue weighted by Gasteiger charge is 2.16. The molecule has 1 fully saturated rings. The minimum absolute atomic E-state index is 0.0374. The van der Waals surface area contributed by atoms with Gasteiger partial charge in [0, 0.05) is 18.5 Å². The van der Waals surface area contributed by atoms with Gasteiger partial charge in [0.05, 0.1) is 13.2 Å². The van der Waals surface area contributed by atoms with Gasteiger partial charge in [0.15, 0.2) is 0 Å². The highest BCUT2D eigenvalue weighted by molar-refractivity contribution is 5.97. The Kier molecular flexibility index (Phi) is 7.36. The lowest BCUT2D eigenvalue weighted by molar-refractivity contribution is -0.118. The fraction of sp³-hybridized carbons (Fsp3) is 0.556. The van der Waals surface area contributed by atoms with Crippen molar-refractivity contribution in [3.05, 3.63) is 23.8 Å². The monoisotopic (exact) mass is 348 g/mol. The van der Waals surface area contributed by atoms with E-state index in [-0.39, 0.29) is 18.4 Å². The van der Waals surface area contributed by atoms with Crippen molar-refractivity contribution >= 4 is 23.2 Å². The van der Waals surface area contributed by atoms with E-state index in [0.717, 1.165) is 31.5 Å². The molecule has 0 aliphatic carbocycles. The van der Waals surface area contributed by atoms with Gasteiger partial charge in [-0.2, -0.15) is 0 Å². The van der Waals surface area contributed by atoms with E-state index in [1.54, 1.807) is 12.1 Å². The van der Waals surface area contributed by atoms with Crippen LogP contribution in [0.5, 0.6) is 0 Å². The number of ether oxygens (including phenoxy) is 1. The van der Waals surface area contributed by atoms with Gasteiger partial charge in [-0.15, -0.1) is 0 Å². The Bertz CT molecular complexity index is 600. The molecule has 0 aromatic heterocycles. The van der Waals surface area contributed by atoms with Gasteiger partial charge in [0.25, 0.3) is 0 Å². The average molecular weight is 348 g/mol. The summed E-state index contributed by atoms with van der Waals surface area (Å²) in [4.78, 5) is 26.4. The molecule has 0 spiro atoms. The van der Waals surface area contributed by atoms with Crippen LogP contribution in [0.4, 0.5) is 11.4 Å². The van der Waals surface area contributed by atoms with Crippen LogP contribution < -0.4 is 16.4 Å². The number of hydrogen-bond acceptors (Lipinski definition) is 5. The van der Waals surface area contributed by atoms with Crippen LogP contribution in [0, 0.1) is 6.92 Å². The van der Waals surface area contributed by atoms with E-state index in [1.807, 2.05) is 13.0 Å². The number of anilines is 2. The van der Waals surface area contributed by atoms with Crippen LogP contribution in [0.25, 0.3) is 0 Å². The van der Waals surface area contributed by atoms with Crippen molar-refractivity contribution in [1.29, 1.82) is 0 Å². The molecule has 1 aliphatic heterocycles. The summed E-state index contributed by atoms with van der Waals surface area (Å²) in [6, 6.07) is 4.66. The van der Waals surface area contributed by atoms with E-state index in [0.29, 0.717) is 17.9 Å². The molecule has 7 nitrogen and oxygen atoms in total. The maximum Gasteiger partial charge on any atom is 0.243 e. The second-order valence-corrected chi connectivity index (χ2v) is 6.47. The fourth-order valence-electron chi connectivity index (χ4n) is 2.83. The van der Waals surface area contributed by atoms with Gasteiger partial charge in [0.1, 0.15) is 6.04 Å². The van der Waals surface area contributed by atoms with Gasteiger partial charge in [-0.3, -0.25) is 14.5 Å². The Morgan fingerprint density at radius 1 is 1.24 bits per heavy atom. The molecular formula is C18H28N4O3. The molecule has 4 N–H and O–H groups in total. The molecule has 0 saturated carbocycles. The normalized spacial score (nSPS) is 16.3. The number of piperidine rings is 1. The minimum Gasteiger partial charge on any atom is -0.383 e. The summed E-state index contributed by atoms with van der Waals surface area (Å²) in [5.74, 6) is -0.360. The average Bonchev–Trinajstić information content (AvgIpc) is 2.59. The molecule has 1 saturated heterocycles. The van der Waals surface area contributed by atoms with Gasteiger partial charge in [-0.25, -0.2) is 0 Å². The maximum absolute atomic E-state index is 12.3. The minimum atomic E-state index is -0.733. The first-order valence-electron chi connectivity index (χ1n) is 8.68. The molecule has 2 amide bonds. The number of carbonyl (C=O) groups is 2. The molecule has 0 radical (unpaired) electrons. The number of likely N-dealkylation sites (tertiary alicyclic amines) is 1. The third kappa shape index (κ3) is 6.12. The molecule has 0 bridgehead atoms. The smallest absolute Gasteiger partial charge is 0.243 e. The quantitative estimate of drug-likeness (QED) is 0.691. The Balaban J connectivity index is 1.95. The largest absolute Gasteiger partial charge is 0.383 e. The zero-order valence-electron chi connectivity index (χ0n) is 15.0. The zero-order valence-corrected chi connectivity index (χ0v) is 15.0. The Labute approximate surface area is 148 Å². The number of nitrogens with two attached hydrogens (primary N) is 1. The van der Waals surface area contributed by atoms with E-state index in [9.17, 15) is 9.59 Å². The van der Waals surface area contributed by atoms with E-state index in [2.05, 4.69) is 15.5 Å². The van der Waals surface area contributed by atoms with Crippen molar-refractivity contribution in [2.75, 3.05) is 44.0 Å². The molecular weight excluding hydrogens is 320 g/mol. The van der Waals surface area contributed by atoms with Crippen molar-refractivity contribution in [3.8, 4) is 0 Å². The third-order valence-corrected chi connectivity index (χ3v) is 4.28. The lowest BCUT2D eigenvalue weighted by Gasteiger charge is -2.25. The van der Waals surface area contributed by atoms with Crippen LogP contribution in [0.15, 0.2) is 18.2 Å². The van der Waals surface area contributed by atoms with Gasteiger partial charge < -0.3 is 21.1 Å². The SMILES string of the molecule is COCC(N)C(=O)Nc1ccc(C)c(NC(=O)CN2CCCCC2)c1. The first-order chi connectivity index (χ1) is 12.0. The van der Waals surface area contributed by atoms with Crippen LogP contribution in [0.2, 0.25) is 0 Å². The van der Waals surface area contributed by atoms with E-state index in [4.69, 9.17) is 10.5 Å². The highest BCUT2D eigenvalue weighted by atomic mass is 16.5. The fourth-order valence-corrected chi connectivity index (χ4v) is 2.83. The van der Waals surface area contributed by atoms with E-state index in [1.165, 1.54) is 13.5 Å². The molecule has 1 heterocycles. The maximum atomic E-state index is 12.3. The Morgan fingerprint density at radius 2 is 1.96 bits per heavy atom. The van der Waals surface area contributed by atoms with Gasteiger partial charge >= 0.3 is 0 Å². The van der Waals surface area contributed by atoms with Crippen LogP contribution in [0.3, 0.4) is 0 Å². The van der Waals surface area contributed by atoms with Crippen LogP contribution >= 0.6 is 0 Å². The van der Waals surface area contributed by atoms with Crippen LogP contribution in [-0.4, -0.2) is 56.1 Å². The number of aryl methyl sites for hydroxylation is 1. The third-order valence-electron chi connectivity index (χ3n) is 4.28. The van der Waals surface area contributed by atoms with Crippen molar-refractivity contribution in [2.24, 2.45) is 5.73 Å². The number of hydrogen-bond donors (Lipinski definition) is 3. The predicted molar refractivity (Wildman–Crippen MR) is 98.6 cm³/mol. The van der Waals surface area contributed by atoms with Gasteiger partial charge in [-0.1, -0.05) is 12.5 Å². The lowest BCUT2D eigenvalue weighted by atomic mass is 10.1. The zero-order chi connectivity index (χ0) is 18.2. The molecule has 1 aromatic carbocycles. The Hall–Kier alpha value is -1.96. The predicted octanol–water partition coefficient (Wildman–Crippen LogP) is 1.33. The summed E-state index contributed by atoms with van der Waals surface area (Å²) < 4.78 is 4.88. The first-order valence-corrected chi connectivity index (χ1v) is 8.68. The summed E-state index contributed by atoms with van der Waals surface area (Å²) >= 11 is 0. The molecule has 2 rings (SSSR count). The lowest BCUT2D eigenvalue weighted by Crippen LogP contribution is -2.39. The first kappa shape index (κ1) is 19.4. The second kappa shape index (κ2) is 9.50. The summed E-state index contributed by atoms with van der Waals surface area (Å²) in [5, 5.41) is 5.68. The van der Waals surface area contributed by atoms with Crippen molar-refractivity contribution < 1.29 is 14.3 Å². The van der Waals surface area contributed by atoms with Crippen molar-refractivity contribution in [2.45, 2.75) is 32.2 Å². The molecule has 1 aliphatic rings. The molecule has 1 unspecified atom stereocenters. The summed E-state index contributed by atoms with van der Waals surface area (Å²) in [6.07, 6.45) is 3.54. The van der Waals surface area contributed by atoms with Crippen LogP contribution in [-0.2, 0) is 14.3 Å². The van der Waals surface area contributed by atoms with Gasteiger partial charge in [-0.05, 0) is 50.6 Å². The van der Waals surface area contributed by atoms with Crippen molar-refractivity contribution in [3.63, 3.8) is 0 Å². The number of amides is 2. The standard InChI is InChI=1S/C18H28N4O3/c1-13-6-7-14(20-18(24)15(19)12-25-2)10-16(13)21-17(23)11-22-8-4-3-5-9-22/h6-7,10,15H,3-5,8-9,11-12,19H2,1-2H3,(H,20,24)(H,21,23). The summed E-state index contributed by atoms with van der Waals surface area (Å²) in [7, 11) is 1.50. The highest BCUT2D eigenvalue weighted by Crippen LogP contribution is 2.20. The topological polar surface area (TPSA) is 96.7 Å². The van der Waals surface area contributed by atoms with Crippen LogP contribution in [0.1, 0.15) is 24.8 Å². The molecule has 1 atom stereocenters. The molecule has 7 heteroatoms. The van der Waals surface area contributed by atoms with Crippen molar-refractivity contribution in [1.82, 2.24) is 4.90 Å². The summed E-state index contributed by atoms with van der Waals surface area (Å²) in [5.41, 5.74) is 7.94. The summed E-state index contributed by atoms with van der Waals surface area (Å²) in [6.45, 7) is 4.41. The second-order valence-electron chi connectivity index (χ2n) is 6.47. The number of nitrogens with one attached hydrogen (secondary N) is 2. The molecule has 25 heavy (non-hydrogen) atoms. The van der Waals surface area contributed by atoms with E-state index >= 15 is 0 Å². The van der Waals surface area contributed by atoms with Gasteiger partial charge in [0.2, 0.25) is 11.8 Å². The number of rotatable bonds is 7. The Morgan fingerprint density at radius 3 is 2.64 bits per heavy atom. The number of benzene rings is 1. The number of nitrogens with zero attached hydrogens (tertiary/aromatic N) is 1. The molecule has 1 aromatic rings. The van der Waals surface area contributed by atoms with E-state index < -0.39 is 6.04 Å². The molecule has 138 valence electrons.